The van der Waals surface area contributed by atoms with Gasteiger partial charge in [0, 0.05) is 53.4 Å². The summed E-state index contributed by atoms with van der Waals surface area (Å²) in [6.45, 7) is 0. The minimum atomic E-state index is 0.665. The van der Waals surface area contributed by atoms with Crippen LogP contribution in [0, 0.1) is 0 Å². The van der Waals surface area contributed by atoms with E-state index in [0.717, 1.165) is 81.6 Å². The fourth-order valence-corrected chi connectivity index (χ4v) is 8.05. The Kier molecular flexibility index (Phi) is 6.60. The highest BCUT2D eigenvalue weighted by Crippen LogP contribution is 2.44. The van der Waals surface area contributed by atoms with Crippen LogP contribution in [0.5, 0.6) is 0 Å². The zero-order chi connectivity index (χ0) is 33.0. The maximum absolute atomic E-state index is 6.38. The molecule has 4 heterocycles. The number of para-hydroxylation sites is 1. The molecule has 10 rings (SSSR count). The molecule has 6 heteroatoms. The number of hydrogen-bond donors (Lipinski definition) is 0. The highest BCUT2D eigenvalue weighted by atomic mass is 32.1. The number of furan rings is 1. The largest absolute Gasteiger partial charge is 0.452 e. The predicted molar refractivity (Wildman–Crippen MR) is 205 cm³/mol. The quantitative estimate of drug-likeness (QED) is 0.184. The van der Waals surface area contributed by atoms with Gasteiger partial charge in [-0.3, -0.25) is 0 Å². The number of fused-ring (bicyclic) bond motifs is 6. The van der Waals surface area contributed by atoms with Gasteiger partial charge in [-0.05, 0) is 24.3 Å². The number of thiophene rings is 1. The molecule has 50 heavy (non-hydrogen) atoms. The van der Waals surface area contributed by atoms with Gasteiger partial charge in [0.05, 0.1) is 11.4 Å². The molecule has 0 unspecified atom stereocenters. The normalized spacial score (nSPS) is 11.6. The van der Waals surface area contributed by atoms with Crippen molar-refractivity contribution in [2.24, 2.45) is 0 Å². The molecule has 10 aromatic rings. The SMILES string of the molecule is c1ccc(-c2cc(-c3cccc4c3sc3cccc(-c5nc(-c6ccccc6)c6oc7ccccc7c6n5)c34)nc(-c3ccccc3)n2)cc1. The summed E-state index contributed by atoms with van der Waals surface area (Å²) in [5.74, 6) is 1.36. The summed E-state index contributed by atoms with van der Waals surface area (Å²) in [5, 5.41) is 3.24. The Labute approximate surface area is 291 Å². The van der Waals surface area contributed by atoms with Gasteiger partial charge >= 0.3 is 0 Å². The fraction of sp³-hybridized carbons (Fsp3) is 0. The third kappa shape index (κ3) is 4.69. The van der Waals surface area contributed by atoms with E-state index in [1.54, 1.807) is 11.3 Å². The van der Waals surface area contributed by atoms with E-state index in [1.165, 1.54) is 0 Å². The molecule has 234 valence electrons. The maximum Gasteiger partial charge on any atom is 0.180 e. The van der Waals surface area contributed by atoms with Crippen molar-refractivity contribution >= 4 is 53.6 Å². The molecule has 0 aliphatic heterocycles. The molecule has 6 aromatic carbocycles. The predicted octanol–water partition coefficient (Wildman–Crippen LogP) is 11.9. The van der Waals surface area contributed by atoms with Gasteiger partial charge in [-0.25, -0.2) is 19.9 Å². The molecule has 0 amide bonds. The van der Waals surface area contributed by atoms with Crippen LogP contribution in [0.1, 0.15) is 0 Å². The first-order chi connectivity index (χ1) is 24.8. The van der Waals surface area contributed by atoms with Crippen molar-refractivity contribution in [1.29, 1.82) is 0 Å². The molecule has 5 nitrogen and oxygen atoms in total. The van der Waals surface area contributed by atoms with E-state index in [0.29, 0.717) is 17.2 Å². The van der Waals surface area contributed by atoms with Gasteiger partial charge in [0.1, 0.15) is 16.8 Å². The summed E-state index contributed by atoms with van der Waals surface area (Å²) < 4.78 is 8.70. The smallest absolute Gasteiger partial charge is 0.180 e. The minimum absolute atomic E-state index is 0.665. The summed E-state index contributed by atoms with van der Waals surface area (Å²) in [6, 6.07) is 53.8. The molecule has 0 fully saturated rings. The van der Waals surface area contributed by atoms with Crippen LogP contribution in [0.2, 0.25) is 0 Å². The van der Waals surface area contributed by atoms with Crippen LogP contribution in [-0.2, 0) is 0 Å². The van der Waals surface area contributed by atoms with Crippen molar-refractivity contribution in [2.45, 2.75) is 0 Å². The van der Waals surface area contributed by atoms with Gasteiger partial charge in [0.15, 0.2) is 17.2 Å². The van der Waals surface area contributed by atoms with Crippen molar-refractivity contribution in [3.8, 4) is 56.5 Å². The van der Waals surface area contributed by atoms with Crippen LogP contribution < -0.4 is 0 Å². The van der Waals surface area contributed by atoms with Crippen molar-refractivity contribution in [2.75, 3.05) is 0 Å². The zero-order valence-corrected chi connectivity index (χ0v) is 27.4. The van der Waals surface area contributed by atoms with Crippen molar-refractivity contribution < 1.29 is 4.42 Å². The third-order valence-corrected chi connectivity index (χ3v) is 10.3. The van der Waals surface area contributed by atoms with Gasteiger partial charge in [-0.1, -0.05) is 133 Å². The van der Waals surface area contributed by atoms with Gasteiger partial charge in [-0.15, -0.1) is 11.3 Å². The Hall–Kier alpha value is -6.50. The van der Waals surface area contributed by atoms with E-state index in [4.69, 9.17) is 24.4 Å². The lowest BCUT2D eigenvalue weighted by molar-refractivity contribution is 0.667. The number of aromatic nitrogens is 4. The second-order valence-electron chi connectivity index (χ2n) is 12.2. The fourth-order valence-electron chi connectivity index (χ4n) is 6.80. The van der Waals surface area contributed by atoms with Crippen LogP contribution in [0.3, 0.4) is 0 Å². The third-order valence-electron chi connectivity index (χ3n) is 9.13. The standard InChI is InChI=1S/C44H26N4OS/c1-4-14-27(15-5-1)34-26-35(46-43(45-34)29-18-8-3-9-19-29)30-21-12-22-32-38-33(23-13-25-37(38)50-42(30)32)44-47-39(28-16-6-2-7-17-28)41-40(48-44)31-20-10-11-24-36(31)49-41/h1-26H. The van der Waals surface area contributed by atoms with Gasteiger partial charge in [-0.2, -0.15) is 0 Å². The molecule has 4 aromatic heterocycles. The van der Waals surface area contributed by atoms with Gasteiger partial charge in [0.2, 0.25) is 0 Å². The highest BCUT2D eigenvalue weighted by Gasteiger charge is 2.21. The van der Waals surface area contributed by atoms with Crippen molar-refractivity contribution in [3.63, 3.8) is 0 Å². The molecular formula is C44H26N4OS. The van der Waals surface area contributed by atoms with Crippen molar-refractivity contribution in [3.05, 3.63) is 158 Å². The van der Waals surface area contributed by atoms with Crippen LogP contribution in [0.4, 0.5) is 0 Å². The first-order valence-corrected chi connectivity index (χ1v) is 17.3. The number of hydrogen-bond acceptors (Lipinski definition) is 6. The molecule has 0 aliphatic carbocycles. The molecule has 0 spiro atoms. The van der Waals surface area contributed by atoms with Crippen molar-refractivity contribution in [1.82, 2.24) is 19.9 Å². The van der Waals surface area contributed by atoms with E-state index in [1.807, 2.05) is 72.8 Å². The molecular weight excluding hydrogens is 633 g/mol. The van der Waals surface area contributed by atoms with Crippen LogP contribution in [-0.4, -0.2) is 19.9 Å². The molecule has 0 atom stereocenters. The van der Waals surface area contributed by atoms with E-state index >= 15 is 0 Å². The number of rotatable bonds is 5. The van der Waals surface area contributed by atoms with E-state index < -0.39 is 0 Å². The number of benzene rings is 6. The first kappa shape index (κ1) is 28.5. The summed E-state index contributed by atoms with van der Waals surface area (Å²) in [6.07, 6.45) is 0. The first-order valence-electron chi connectivity index (χ1n) is 16.5. The van der Waals surface area contributed by atoms with E-state index in [2.05, 4.69) is 84.9 Å². The number of nitrogens with zero attached hydrogens (tertiary/aromatic N) is 4. The van der Waals surface area contributed by atoms with Crippen LogP contribution >= 0.6 is 11.3 Å². The molecule has 0 aliphatic rings. The molecule has 0 radical (unpaired) electrons. The van der Waals surface area contributed by atoms with Crippen LogP contribution in [0.15, 0.2) is 162 Å². The highest BCUT2D eigenvalue weighted by molar-refractivity contribution is 7.26. The zero-order valence-electron chi connectivity index (χ0n) is 26.6. The van der Waals surface area contributed by atoms with Crippen LogP contribution in [0.25, 0.3) is 98.8 Å². The lowest BCUT2D eigenvalue weighted by Gasteiger charge is -2.10. The Balaban J connectivity index is 1.21. The Bertz CT molecular complexity index is 2810. The average molecular weight is 659 g/mol. The second-order valence-corrected chi connectivity index (χ2v) is 13.2. The van der Waals surface area contributed by atoms with E-state index in [9.17, 15) is 0 Å². The Morgan fingerprint density at radius 2 is 1.10 bits per heavy atom. The molecule has 0 bridgehead atoms. The minimum Gasteiger partial charge on any atom is -0.452 e. The lowest BCUT2D eigenvalue weighted by Crippen LogP contribution is -1.96. The average Bonchev–Trinajstić information content (AvgIpc) is 3.77. The van der Waals surface area contributed by atoms with Gasteiger partial charge < -0.3 is 4.42 Å². The second kappa shape index (κ2) is 11.6. The topological polar surface area (TPSA) is 64.7 Å². The Morgan fingerprint density at radius 1 is 0.460 bits per heavy atom. The maximum atomic E-state index is 6.38. The summed E-state index contributed by atoms with van der Waals surface area (Å²) in [7, 11) is 0. The molecule has 0 saturated heterocycles. The summed E-state index contributed by atoms with van der Waals surface area (Å²) in [4.78, 5) is 20.6. The molecule has 0 saturated carbocycles. The Morgan fingerprint density at radius 3 is 1.90 bits per heavy atom. The summed E-state index contributed by atoms with van der Waals surface area (Å²) in [5.41, 5.74) is 9.90. The summed E-state index contributed by atoms with van der Waals surface area (Å²) >= 11 is 1.77. The molecule has 0 N–H and O–H groups in total. The lowest BCUT2D eigenvalue weighted by atomic mass is 10.0. The monoisotopic (exact) mass is 658 g/mol. The van der Waals surface area contributed by atoms with E-state index in [-0.39, 0.29) is 0 Å². The van der Waals surface area contributed by atoms with Gasteiger partial charge in [0.25, 0.3) is 0 Å².